The summed E-state index contributed by atoms with van der Waals surface area (Å²) >= 11 is 0. The van der Waals surface area contributed by atoms with Crippen LogP contribution in [0.5, 0.6) is 0 Å². The predicted octanol–water partition coefficient (Wildman–Crippen LogP) is 7.46. The normalized spacial score (nSPS) is 42.3. The summed E-state index contributed by atoms with van der Waals surface area (Å²) in [6.07, 6.45) is 3.02. The van der Waals surface area contributed by atoms with Gasteiger partial charge in [-0.1, -0.05) is 26.2 Å². The molecule has 13 heteroatoms. The van der Waals surface area contributed by atoms with Gasteiger partial charge in [-0.2, -0.15) is 15.8 Å². The zero-order chi connectivity index (χ0) is 40.0. The third kappa shape index (κ3) is 10.3. The third-order valence-electron chi connectivity index (χ3n) is 11.1. The summed E-state index contributed by atoms with van der Waals surface area (Å²) in [6.45, 7) is 22.9. The van der Waals surface area contributed by atoms with Crippen molar-refractivity contribution in [2.24, 2.45) is 5.92 Å². The second kappa shape index (κ2) is 15.4. The van der Waals surface area contributed by atoms with E-state index in [0.29, 0.717) is 6.61 Å². The smallest absolute Gasteiger partial charge is 0.165 e. The summed E-state index contributed by atoms with van der Waals surface area (Å²) in [5.41, 5.74) is -3.93. The van der Waals surface area contributed by atoms with Crippen LogP contribution in [0, 0.1) is 39.9 Å². The molecule has 5 aliphatic heterocycles. The van der Waals surface area contributed by atoms with E-state index in [2.05, 4.69) is 25.1 Å². The van der Waals surface area contributed by atoms with Crippen LogP contribution in [0.15, 0.2) is 0 Å². The van der Waals surface area contributed by atoms with Crippen molar-refractivity contribution < 1.29 is 47.4 Å². The molecule has 0 aromatic heterocycles. The molecule has 0 aromatic rings. The number of nitriles is 3. The second-order valence-electron chi connectivity index (χ2n) is 18.6. The molecule has 5 aliphatic rings. The maximum absolute atomic E-state index is 10.9. The van der Waals surface area contributed by atoms with E-state index in [1.165, 1.54) is 0 Å². The molecule has 0 radical (unpaired) electrons. The van der Waals surface area contributed by atoms with Gasteiger partial charge in [0.05, 0.1) is 61.4 Å². The number of rotatable bonds is 11. The van der Waals surface area contributed by atoms with Gasteiger partial charge in [-0.05, 0) is 82.6 Å². The van der Waals surface area contributed by atoms with Crippen molar-refractivity contribution in [2.45, 2.75) is 230 Å². The van der Waals surface area contributed by atoms with Crippen molar-refractivity contribution in [1.29, 1.82) is 15.8 Å². The van der Waals surface area contributed by atoms with Crippen LogP contribution in [-0.2, 0) is 47.4 Å². The molecule has 0 amide bonds. The lowest BCUT2D eigenvalue weighted by Gasteiger charge is -2.53. The van der Waals surface area contributed by atoms with E-state index in [9.17, 15) is 15.8 Å². The van der Waals surface area contributed by atoms with E-state index in [1.807, 2.05) is 48.5 Å². The van der Waals surface area contributed by atoms with Crippen molar-refractivity contribution >= 4 is 0 Å². The highest BCUT2D eigenvalue weighted by atomic mass is 16.8. The SMILES string of the molecule is CCCCC[C@H]1OC(C)(C)OC[C@H]1[C@@H]1C[C@@](C#N)(C[C@@H]2C[C@@](C#N)(C[C@@H]3C[C@@](C#N)(C[C@@H]4OC(C)(C)O[C@H]4C)OC(C)(C)O3)OC(C)(C)O2)OC(C)(C)O1. The van der Waals surface area contributed by atoms with Gasteiger partial charge in [0, 0.05) is 44.4 Å². The maximum Gasteiger partial charge on any atom is 0.165 e. The molecular formula is C41H65N3O10. The summed E-state index contributed by atoms with van der Waals surface area (Å²) in [5, 5.41) is 32.4. The molecule has 13 nitrogen and oxygen atoms in total. The van der Waals surface area contributed by atoms with Crippen LogP contribution in [0.3, 0.4) is 0 Å². The second-order valence-corrected chi connectivity index (χ2v) is 18.6. The van der Waals surface area contributed by atoms with Crippen molar-refractivity contribution in [3.05, 3.63) is 0 Å². The van der Waals surface area contributed by atoms with Crippen LogP contribution in [0.4, 0.5) is 0 Å². The highest BCUT2D eigenvalue weighted by Crippen LogP contribution is 2.48. The lowest BCUT2D eigenvalue weighted by molar-refractivity contribution is -0.370. The zero-order valence-electron chi connectivity index (χ0n) is 34.7. The number of hydrogen-bond donors (Lipinski definition) is 0. The Balaban J connectivity index is 1.37. The largest absolute Gasteiger partial charge is 0.350 e. The molecule has 0 bridgehead atoms. The van der Waals surface area contributed by atoms with Gasteiger partial charge >= 0.3 is 0 Å². The Morgan fingerprint density at radius 3 is 1.50 bits per heavy atom. The Kier molecular flexibility index (Phi) is 12.3. The first-order chi connectivity index (χ1) is 24.9. The molecular weight excluding hydrogens is 694 g/mol. The summed E-state index contributed by atoms with van der Waals surface area (Å²) in [4.78, 5) is 0. The number of unbranched alkanes of at least 4 members (excludes halogenated alkanes) is 2. The first-order valence-corrected chi connectivity index (χ1v) is 19.9. The standard InChI is InChI=1S/C41H65N3O10/c1-13-14-15-16-31-30(23-45-34(3,4)49-31)33-22-41(26-44,54-38(11,12)51-33)20-29-18-39(24-42,52-36(7,8)47-29)17-28-19-40(25-43,53-37(9,10)48-28)21-32-27(2)46-35(5,6)50-32/h27-33H,13-23H2,1-12H3/t27-,28+,29-,30+,31+,32-,33-,39+,40-,41+/m0/s1. The van der Waals surface area contributed by atoms with Crippen LogP contribution in [-0.4, -0.2) is 89.0 Å². The van der Waals surface area contributed by atoms with Crippen molar-refractivity contribution in [3.8, 4) is 18.2 Å². The fourth-order valence-electron chi connectivity index (χ4n) is 9.53. The van der Waals surface area contributed by atoms with Gasteiger partial charge in [-0.25, -0.2) is 0 Å². The van der Waals surface area contributed by atoms with Gasteiger partial charge in [-0.15, -0.1) is 0 Å². The Labute approximate surface area is 323 Å². The molecule has 0 saturated carbocycles. The monoisotopic (exact) mass is 759 g/mol. The quantitative estimate of drug-likeness (QED) is 0.191. The third-order valence-corrected chi connectivity index (χ3v) is 11.1. The van der Waals surface area contributed by atoms with Crippen molar-refractivity contribution in [1.82, 2.24) is 0 Å². The van der Waals surface area contributed by atoms with Gasteiger partial charge in [-0.3, -0.25) is 0 Å². The minimum Gasteiger partial charge on any atom is -0.350 e. The lowest BCUT2D eigenvalue weighted by Crippen LogP contribution is -2.61. The van der Waals surface area contributed by atoms with Gasteiger partial charge in [0.1, 0.15) is 0 Å². The Hall–Kier alpha value is -1.93. The van der Waals surface area contributed by atoms with Crippen LogP contribution < -0.4 is 0 Å². The summed E-state index contributed by atoms with van der Waals surface area (Å²) < 4.78 is 63.6. The Morgan fingerprint density at radius 1 is 0.537 bits per heavy atom. The molecule has 0 aromatic carbocycles. The highest BCUT2D eigenvalue weighted by molar-refractivity contribution is 5.15. The molecule has 5 fully saturated rings. The van der Waals surface area contributed by atoms with Gasteiger partial charge in [0.15, 0.2) is 45.7 Å². The molecule has 0 unspecified atom stereocenters. The average Bonchev–Trinajstić information content (AvgIpc) is 3.28. The summed E-state index contributed by atoms with van der Waals surface area (Å²) in [7, 11) is 0. The molecule has 0 spiro atoms. The molecule has 304 valence electrons. The predicted molar refractivity (Wildman–Crippen MR) is 195 cm³/mol. The molecule has 10 atom stereocenters. The minimum atomic E-state index is -1.37. The van der Waals surface area contributed by atoms with Gasteiger partial charge in [0.2, 0.25) is 0 Å². The molecule has 0 N–H and O–H groups in total. The van der Waals surface area contributed by atoms with E-state index >= 15 is 0 Å². The fourth-order valence-corrected chi connectivity index (χ4v) is 9.53. The van der Waals surface area contributed by atoms with Gasteiger partial charge in [0.25, 0.3) is 0 Å². The molecule has 54 heavy (non-hydrogen) atoms. The average molecular weight is 760 g/mol. The Morgan fingerprint density at radius 2 is 1.02 bits per heavy atom. The number of hydrogen-bond acceptors (Lipinski definition) is 13. The van der Waals surface area contributed by atoms with Crippen molar-refractivity contribution in [2.75, 3.05) is 6.61 Å². The molecule has 5 heterocycles. The van der Waals surface area contributed by atoms with Crippen LogP contribution >= 0.6 is 0 Å². The topological polar surface area (TPSA) is 164 Å². The summed E-state index contributed by atoms with van der Waals surface area (Å²) in [6, 6.07) is 7.41. The zero-order valence-corrected chi connectivity index (χ0v) is 34.7. The first kappa shape index (κ1) is 43.2. The first-order valence-electron chi connectivity index (χ1n) is 19.9. The summed E-state index contributed by atoms with van der Waals surface area (Å²) in [5.74, 6) is -5.01. The lowest BCUT2D eigenvalue weighted by atomic mass is 9.78. The minimum absolute atomic E-state index is 0.105. The van der Waals surface area contributed by atoms with E-state index in [-0.39, 0.29) is 68.9 Å². The van der Waals surface area contributed by atoms with E-state index < -0.39 is 57.9 Å². The highest BCUT2D eigenvalue weighted by Gasteiger charge is 2.58. The maximum atomic E-state index is 10.9. The van der Waals surface area contributed by atoms with Crippen LogP contribution in [0.1, 0.15) is 147 Å². The Bertz CT molecular complexity index is 1460. The van der Waals surface area contributed by atoms with Gasteiger partial charge < -0.3 is 47.4 Å². The molecule has 0 aliphatic carbocycles. The fraction of sp³-hybridized carbons (Fsp3) is 0.927. The van der Waals surface area contributed by atoms with E-state index in [1.54, 1.807) is 27.7 Å². The molecule has 5 rings (SSSR count). The van der Waals surface area contributed by atoms with E-state index in [0.717, 1.165) is 25.7 Å². The van der Waals surface area contributed by atoms with Crippen molar-refractivity contribution in [3.63, 3.8) is 0 Å². The van der Waals surface area contributed by atoms with Crippen LogP contribution in [0.2, 0.25) is 0 Å². The molecule has 5 saturated heterocycles. The van der Waals surface area contributed by atoms with Crippen LogP contribution in [0.25, 0.3) is 0 Å². The number of ether oxygens (including phenoxy) is 10. The van der Waals surface area contributed by atoms with E-state index in [4.69, 9.17) is 47.4 Å². The number of nitrogens with zero attached hydrogens (tertiary/aromatic N) is 3.